The molecule has 0 heterocycles. The molecule has 0 aliphatic rings. The van der Waals surface area contributed by atoms with Crippen molar-refractivity contribution in [2.45, 2.75) is 0 Å². The van der Waals surface area contributed by atoms with Gasteiger partial charge in [0.2, 0.25) is 0 Å². The molecule has 0 aromatic heterocycles. The average molecular weight is 523 g/mol. The molecule has 42 heavy (non-hydrogen) atoms. The lowest BCUT2D eigenvalue weighted by Gasteiger charge is -2.07. The van der Waals surface area contributed by atoms with Crippen LogP contribution in [-0.4, -0.2) is 0 Å². The molecule has 0 aliphatic carbocycles. The van der Waals surface area contributed by atoms with Crippen LogP contribution in [0.1, 0.15) is 66.8 Å². The molecule has 0 radical (unpaired) electrons. The van der Waals surface area contributed by atoms with E-state index in [1.54, 1.807) is 24.3 Å². The molecular formula is C42H18. The summed E-state index contributed by atoms with van der Waals surface area (Å²) in [5, 5.41) is 0. The van der Waals surface area contributed by atoms with E-state index in [4.69, 9.17) is 38.5 Å². The molecule has 0 aliphatic heterocycles. The predicted octanol–water partition coefficient (Wildman–Crippen LogP) is 5.77. The van der Waals surface area contributed by atoms with Crippen molar-refractivity contribution >= 4 is 0 Å². The Bertz CT molecular complexity index is 2050. The first-order chi connectivity index (χ1) is 20.6. The second-order valence-corrected chi connectivity index (χ2v) is 8.53. The van der Waals surface area contributed by atoms with Gasteiger partial charge in [-0.3, -0.25) is 0 Å². The van der Waals surface area contributed by atoms with Crippen molar-refractivity contribution in [2.75, 3.05) is 0 Å². The van der Waals surface area contributed by atoms with Crippen molar-refractivity contribution in [1.82, 2.24) is 0 Å². The fourth-order valence-electron chi connectivity index (χ4n) is 4.03. The van der Waals surface area contributed by atoms with Crippen LogP contribution in [0.15, 0.2) is 72.8 Å². The van der Waals surface area contributed by atoms with Gasteiger partial charge in [0.1, 0.15) is 0 Å². The average Bonchev–Trinajstić information content (AvgIpc) is 3.05. The second-order valence-electron chi connectivity index (χ2n) is 8.53. The zero-order chi connectivity index (χ0) is 29.9. The molecule has 0 heteroatoms. The summed E-state index contributed by atoms with van der Waals surface area (Å²) in [5.41, 5.74) is 6.71. The molecule has 0 spiro atoms. The molecule has 0 amide bonds. The highest BCUT2D eigenvalue weighted by atomic mass is 14.1. The first kappa shape index (κ1) is 27.9. The van der Waals surface area contributed by atoms with E-state index in [1.807, 2.05) is 48.5 Å². The van der Waals surface area contributed by atoms with Crippen molar-refractivity contribution in [3.8, 4) is 110 Å². The number of hydrogen-bond acceptors (Lipinski definition) is 0. The van der Waals surface area contributed by atoms with Crippen LogP contribution in [0.4, 0.5) is 0 Å². The maximum atomic E-state index is 5.86. The van der Waals surface area contributed by atoms with E-state index < -0.39 is 0 Å². The first-order valence-electron chi connectivity index (χ1n) is 12.5. The van der Waals surface area contributed by atoms with Crippen LogP contribution in [0.3, 0.4) is 0 Å². The summed E-state index contributed by atoms with van der Waals surface area (Å²) in [6, 6.07) is 21.7. The lowest BCUT2D eigenvalue weighted by Crippen LogP contribution is -1.97. The lowest BCUT2D eigenvalue weighted by molar-refractivity contribution is 1.48. The maximum Gasteiger partial charge on any atom is 0.0574 e. The van der Waals surface area contributed by atoms with Crippen LogP contribution in [-0.2, 0) is 0 Å². The Hall–Kier alpha value is -7.08. The van der Waals surface area contributed by atoms with Crippen molar-refractivity contribution in [2.24, 2.45) is 0 Å². The Morgan fingerprint density at radius 2 is 0.500 bits per heavy atom. The molecule has 4 aromatic rings. The monoisotopic (exact) mass is 522 g/mol. The zero-order valence-corrected chi connectivity index (χ0v) is 22.4. The van der Waals surface area contributed by atoms with Gasteiger partial charge >= 0.3 is 0 Å². The number of terminal acetylenes is 6. The van der Waals surface area contributed by atoms with E-state index in [2.05, 4.69) is 71.0 Å². The quantitative estimate of drug-likeness (QED) is 0.257. The van der Waals surface area contributed by atoms with Crippen LogP contribution in [0.2, 0.25) is 0 Å². The fraction of sp³-hybridized carbons (Fsp3) is 0. The summed E-state index contributed by atoms with van der Waals surface area (Å²) in [7, 11) is 0. The minimum atomic E-state index is 0.476. The minimum absolute atomic E-state index is 0.476. The summed E-state index contributed by atoms with van der Waals surface area (Å²) in [6.45, 7) is 0. The third-order valence-electron chi connectivity index (χ3n) is 6.15. The van der Waals surface area contributed by atoms with Crippen molar-refractivity contribution in [3.63, 3.8) is 0 Å². The minimum Gasteiger partial charge on any atom is -0.115 e. The van der Waals surface area contributed by atoms with Gasteiger partial charge in [0.25, 0.3) is 0 Å². The van der Waals surface area contributed by atoms with Crippen LogP contribution >= 0.6 is 0 Å². The van der Waals surface area contributed by atoms with Gasteiger partial charge < -0.3 is 0 Å². The first-order valence-corrected chi connectivity index (χ1v) is 12.5. The van der Waals surface area contributed by atoms with Crippen LogP contribution in [0, 0.1) is 110 Å². The van der Waals surface area contributed by atoms with E-state index in [0.717, 1.165) is 0 Å². The van der Waals surface area contributed by atoms with Gasteiger partial charge in [-0.2, -0.15) is 0 Å². The molecule has 0 atom stereocenters. The van der Waals surface area contributed by atoms with Gasteiger partial charge in [-0.15, -0.1) is 38.5 Å². The highest BCUT2D eigenvalue weighted by Gasteiger charge is 2.12. The Labute approximate surface area is 248 Å². The predicted molar refractivity (Wildman–Crippen MR) is 171 cm³/mol. The largest absolute Gasteiger partial charge is 0.115 e. The van der Waals surface area contributed by atoms with Gasteiger partial charge in [-0.05, 0) is 48.5 Å². The number of rotatable bonds is 0. The van der Waals surface area contributed by atoms with Crippen LogP contribution in [0.25, 0.3) is 0 Å². The Balaban J connectivity index is 1.99. The third kappa shape index (κ3) is 5.82. The highest BCUT2D eigenvalue weighted by molar-refractivity contribution is 5.71. The maximum absolute atomic E-state index is 5.86. The van der Waals surface area contributed by atoms with E-state index in [9.17, 15) is 0 Å². The zero-order valence-electron chi connectivity index (χ0n) is 22.4. The summed E-state index contributed by atoms with van der Waals surface area (Å²) < 4.78 is 0. The SMILES string of the molecule is C#Cc1ccccc1C#Cc1c(C#C)ccc(C#C)c1C#Cc1c(C#C)ccc(C#C)c1C#Cc1ccccc1C#C. The molecule has 0 N–H and O–H groups in total. The number of hydrogen-bond donors (Lipinski definition) is 0. The second kappa shape index (κ2) is 13.1. The lowest BCUT2D eigenvalue weighted by atomic mass is 9.93. The summed E-state index contributed by atoms with van der Waals surface area (Å²) in [5.74, 6) is 34.9. The van der Waals surface area contributed by atoms with E-state index in [1.165, 1.54) is 0 Å². The number of benzene rings is 4. The molecule has 4 aromatic carbocycles. The van der Waals surface area contributed by atoms with Crippen molar-refractivity contribution < 1.29 is 0 Å². The molecule has 0 fully saturated rings. The van der Waals surface area contributed by atoms with E-state index in [0.29, 0.717) is 66.8 Å². The Morgan fingerprint density at radius 1 is 0.262 bits per heavy atom. The van der Waals surface area contributed by atoms with E-state index in [-0.39, 0.29) is 0 Å². The van der Waals surface area contributed by atoms with Gasteiger partial charge in [0, 0.05) is 44.5 Å². The molecular weight excluding hydrogens is 504 g/mol. The van der Waals surface area contributed by atoms with Crippen molar-refractivity contribution in [3.05, 3.63) is 140 Å². The van der Waals surface area contributed by atoms with Gasteiger partial charge in [0.05, 0.1) is 22.3 Å². The molecule has 0 saturated heterocycles. The molecule has 186 valence electrons. The Morgan fingerprint density at radius 3 is 0.762 bits per heavy atom. The molecule has 0 bridgehead atoms. The van der Waals surface area contributed by atoms with Gasteiger partial charge in [-0.25, -0.2) is 0 Å². The fourth-order valence-corrected chi connectivity index (χ4v) is 4.03. The summed E-state index contributed by atoms with van der Waals surface area (Å²) in [6.07, 6.45) is 34.7. The van der Waals surface area contributed by atoms with Crippen LogP contribution in [0.5, 0.6) is 0 Å². The van der Waals surface area contributed by atoms with Gasteiger partial charge in [-0.1, -0.05) is 95.3 Å². The molecule has 0 nitrogen and oxygen atoms in total. The summed E-state index contributed by atoms with van der Waals surface area (Å²) in [4.78, 5) is 0. The Kier molecular flexibility index (Phi) is 8.73. The highest BCUT2D eigenvalue weighted by Crippen LogP contribution is 2.21. The third-order valence-corrected chi connectivity index (χ3v) is 6.15. The van der Waals surface area contributed by atoms with Crippen molar-refractivity contribution in [1.29, 1.82) is 0 Å². The normalized spacial score (nSPS) is 8.71. The standard InChI is InChI=1S/C42H18/c1-7-31-17-13-15-19-37(31)25-27-39-33(9-3)21-23-35(11-5)41(39)29-30-42-36(12-6)24-22-34(10-4)40(42)28-26-38-20-16-14-18-32(38)8-2/h1-6,13-24H. The van der Waals surface area contributed by atoms with Crippen LogP contribution < -0.4 is 0 Å². The van der Waals surface area contributed by atoms with Gasteiger partial charge in [0.15, 0.2) is 0 Å². The molecule has 0 saturated carbocycles. The van der Waals surface area contributed by atoms with E-state index >= 15 is 0 Å². The smallest absolute Gasteiger partial charge is 0.0574 e. The summed E-state index contributed by atoms with van der Waals surface area (Å²) >= 11 is 0. The topological polar surface area (TPSA) is 0 Å². The molecule has 0 unspecified atom stereocenters. The molecule has 4 rings (SSSR count).